The monoisotopic (exact) mass is 717 g/mol. The van der Waals surface area contributed by atoms with Crippen molar-refractivity contribution in [1.82, 2.24) is 10.2 Å². The number of sulfonamides is 1. The van der Waals surface area contributed by atoms with E-state index in [0.29, 0.717) is 15.9 Å². The van der Waals surface area contributed by atoms with Crippen molar-refractivity contribution >= 4 is 62.3 Å². The Kier molecular flexibility index (Phi) is 11.9. The predicted octanol–water partition coefficient (Wildman–Crippen LogP) is 8.12. The second-order valence-corrected chi connectivity index (χ2v) is 14.1. The van der Waals surface area contributed by atoms with Gasteiger partial charge in [0.05, 0.1) is 21.2 Å². The molecule has 0 bridgehead atoms. The summed E-state index contributed by atoms with van der Waals surface area (Å²) in [6.45, 7) is 0.500. The summed E-state index contributed by atoms with van der Waals surface area (Å²) in [6, 6.07) is 13.2. The zero-order valence-corrected chi connectivity index (χ0v) is 28.0. The number of amides is 2. The molecule has 2 amide bonds. The van der Waals surface area contributed by atoms with Crippen molar-refractivity contribution in [2.45, 2.75) is 75.1 Å². The number of hydrogen-bond acceptors (Lipinski definition) is 4. The average Bonchev–Trinajstić information content (AvgIpc) is 3.01. The van der Waals surface area contributed by atoms with E-state index in [0.717, 1.165) is 44.2 Å². The zero-order valence-electron chi connectivity index (χ0n) is 24.9. The first-order valence-corrected chi connectivity index (χ1v) is 17.3. The van der Waals surface area contributed by atoms with Gasteiger partial charge in [-0.25, -0.2) is 8.42 Å². The van der Waals surface area contributed by atoms with Gasteiger partial charge in [-0.2, -0.15) is 13.2 Å². The highest BCUT2D eigenvalue weighted by atomic mass is 35.5. The van der Waals surface area contributed by atoms with Crippen LogP contribution in [0, 0.1) is 0 Å². The molecule has 0 aromatic heterocycles. The summed E-state index contributed by atoms with van der Waals surface area (Å²) in [5.74, 6) is -1.29. The average molecular weight is 719 g/mol. The van der Waals surface area contributed by atoms with Crippen LogP contribution in [0.3, 0.4) is 0 Å². The van der Waals surface area contributed by atoms with Crippen LogP contribution in [0.2, 0.25) is 15.1 Å². The first-order chi connectivity index (χ1) is 21.7. The van der Waals surface area contributed by atoms with Gasteiger partial charge in [0.1, 0.15) is 12.6 Å². The van der Waals surface area contributed by atoms with Crippen LogP contribution < -0.4 is 9.62 Å². The number of carbonyl (C=O) groups is 2. The van der Waals surface area contributed by atoms with Gasteiger partial charge < -0.3 is 10.2 Å². The molecule has 0 heterocycles. The number of benzene rings is 3. The molecule has 1 aliphatic rings. The largest absolute Gasteiger partial charge is 0.417 e. The highest BCUT2D eigenvalue weighted by Gasteiger charge is 2.38. The van der Waals surface area contributed by atoms with E-state index < -0.39 is 56.9 Å². The minimum Gasteiger partial charge on any atom is -0.352 e. The number of alkyl halides is 3. The van der Waals surface area contributed by atoms with Crippen molar-refractivity contribution in [3.8, 4) is 0 Å². The molecule has 0 saturated heterocycles. The number of nitrogens with zero attached hydrogens (tertiary/aromatic N) is 2. The predicted molar refractivity (Wildman–Crippen MR) is 174 cm³/mol. The van der Waals surface area contributed by atoms with E-state index in [-0.39, 0.29) is 33.9 Å². The third kappa shape index (κ3) is 8.48. The summed E-state index contributed by atoms with van der Waals surface area (Å²) in [4.78, 5) is 28.9. The first-order valence-electron chi connectivity index (χ1n) is 14.7. The summed E-state index contributed by atoms with van der Waals surface area (Å²) in [5, 5.41) is 2.82. The number of halogens is 6. The highest BCUT2D eigenvalue weighted by molar-refractivity contribution is 7.92. The van der Waals surface area contributed by atoms with Gasteiger partial charge in [0.15, 0.2) is 0 Å². The molecular formula is C32H33Cl3F3N3O4S. The Hall–Kier alpha value is -2.99. The smallest absolute Gasteiger partial charge is 0.352 e. The summed E-state index contributed by atoms with van der Waals surface area (Å²) in [7, 11) is -4.60. The molecular weight excluding hydrogens is 686 g/mol. The minimum absolute atomic E-state index is 0.0824. The van der Waals surface area contributed by atoms with E-state index in [9.17, 15) is 31.2 Å². The van der Waals surface area contributed by atoms with Crippen LogP contribution in [0.5, 0.6) is 0 Å². The van der Waals surface area contributed by atoms with Crippen LogP contribution in [0.25, 0.3) is 0 Å². The molecule has 0 radical (unpaired) electrons. The Labute approximate surface area is 281 Å². The van der Waals surface area contributed by atoms with Crippen molar-refractivity contribution in [1.29, 1.82) is 0 Å². The van der Waals surface area contributed by atoms with Crippen LogP contribution in [0.15, 0.2) is 71.6 Å². The zero-order chi connectivity index (χ0) is 33.6. The van der Waals surface area contributed by atoms with Crippen molar-refractivity contribution in [3.05, 3.63) is 92.9 Å². The maximum Gasteiger partial charge on any atom is 0.417 e. The lowest BCUT2D eigenvalue weighted by atomic mass is 9.95. The molecule has 7 nitrogen and oxygen atoms in total. The number of nitrogens with one attached hydrogen (secondary N) is 1. The van der Waals surface area contributed by atoms with E-state index in [1.165, 1.54) is 29.2 Å². The number of anilines is 1. The molecule has 1 aliphatic carbocycles. The van der Waals surface area contributed by atoms with Crippen LogP contribution >= 0.6 is 34.8 Å². The van der Waals surface area contributed by atoms with E-state index in [1.807, 2.05) is 0 Å². The van der Waals surface area contributed by atoms with Gasteiger partial charge in [-0.1, -0.05) is 85.3 Å². The normalized spacial score (nSPS) is 14.8. The minimum atomic E-state index is -4.91. The fourth-order valence-electron chi connectivity index (χ4n) is 5.45. The van der Waals surface area contributed by atoms with Gasteiger partial charge >= 0.3 is 6.18 Å². The highest BCUT2D eigenvalue weighted by Crippen LogP contribution is 2.38. The molecule has 248 valence electrons. The summed E-state index contributed by atoms with van der Waals surface area (Å²) in [6.07, 6.45) is -0.222. The van der Waals surface area contributed by atoms with Gasteiger partial charge in [0.25, 0.3) is 10.0 Å². The molecule has 3 aromatic carbocycles. The maximum atomic E-state index is 14.3. The Morgan fingerprint density at radius 2 is 1.54 bits per heavy atom. The first kappa shape index (κ1) is 35.9. The molecule has 1 saturated carbocycles. The molecule has 0 aliphatic heterocycles. The quantitative estimate of drug-likeness (QED) is 0.217. The van der Waals surface area contributed by atoms with Gasteiger partial charge in [-0.05, 0) is 61.7 Å². The lowest BCUT2D eigenvalue weighted by Gasteiger charge is -2.35. The molecule has 1 atom stereocenters. The van der Waals surface area contributed by atoms with Crippen molar-refractivity contribution in [3.63, 3.8) is 0 Å². The second kappa shape index (κ2) is 15.3. The number of hydrogen-bond donors (Lipinski definition) is 1. The molecule has 4 rings (SSSR count). The summed E-state index contributed by atoms with van der Waals surface area (Å²) >= 11 is 18.7. The SMILES string of the molecule is CC[C@H](C(=O)NC1CCCCC1)N(Cc1c(Cl)cccc1Cl)C(=O)CN(c1ccc(Cl)c(C(F)(F)F)c1)S(=O)(=O)c1ccccc1. The molecule has 14 heteroatoms. The van der Waals surface area contributed by atoms with Gasteiger partial charge in [0, 0.05) is 28.2 Å². The van der Waals surface area contributed by atoms with Crippen LogP contribution in [-0.2, 0) is 32.3 Å². The second-order valence-electron chi connectivity index (χ2n) is 11.0. The van der Waals surface area contributed by atoms with Crippen LogP contribution in [0.1, 0.15) is 56.6 Å². The Morgan fingerprint density at radius 1 is 0.913 bits per heavy atom. The maximum absolute atomic E-state index is 14.3. The number of carbonyl (C=O) groups excluding carboxylic acids is 2. The molecule has 0 spiro atoms. The molecule has 46 heavy (non-hydrogen) atoms. The lowest BCUT2D eigenvalue weighted by molar-refractivity contribution is -0.140. The van der Waals surface area contributed by atoms with E-state index in [4.69, 9.17) is 34.8 Å². The number of rotatable bonds is 11. The summed E-state index contributed by atoms with van der Waals surface area (Å²) in [5.41, 5.74) is -1.39. The van der Waals surface area contributed by atoms with Gasteiger partial charge in [0.2, 0.25) is 11.8 Å². The Bertz CT molecular complexity index is 1630. The van der Waals surface area contributed by atoms with E-state index >= 15 is 0 Å². The van der Waals surface area contributed by atoms with Crippen molar-refractivity contribution in [2.24, 2.45) is 0 Å². The fraction of sp³-hybridized carbons (Fsp3) is 0.375. The van der Waals surface area contributed by atoms with Crippen LogP contribution in [0.4, 0.5) is 18.9 Å². The summed E-state index contributed by atoms with van der Waals surface area (Å²) < 4.78 is 70.1. The third-order valence-corrected chi connectivity index (χ3v) is 10.7. The molecule has 1 fully saturated rings. The van der Waals surface area contributed by atoms with Crippen molar-refractivity contribution < 1.29 is 31.2 Å². The van der Waals surface area contributed by atoms with Gasteiger partial charge in [-0.15, -0.1) is 0 Å². The van der Waals surface area contributed by atoms with Gasteiger partial charge in [-0.3, -0.25) is 13.9 Å². The standard InChI is InChI=1S/C32H33Cl3F3N3O4S/c1-2-29(31(43)39-21-10-5-3-6-11-21)40(19-24-26(33)14-9-15-27(24)34)30(42)20-41(46(44,45)23-12-7-4-8-13-23)22-16-17-28(35)25(18-22)32(36,37)38/h4,7-9,12-18,21,29H,2-3,5-6,10-11,19-20H2,1H3,(H,39,43)/t29-/m1/s1. The molecule has 0 unspecified atom stereocenters. The third-order valence-electron chi connectivity index (χ3n) is 7.88. The van der Waals surface area contributed by atoms with Crippen LogP contribution in [-0.4, -0.2) is 43.8 Å². The fourth-order valence-corrected chi connectivity index (χ4v) is 7.62. The topological polar surface area (TPSA) is 86.8 Å². The molecule has 3 aromatic rings. The Balaban J connectivity index is 1.79. The molecule has 1 N–H and O–H groups in total. The Morgan fingerprint density at radius 3 is 2.13 bits per heavy atom. The van der Waals surface area contributed by atoms with E-state index in [2.05, 4.69) is 5.32 Å². The van der Waals surface area contributed by atoms with Crippen molar-refractivity contribution in [2.75, 3.05) is 10.8 Å². The van der Waals surface area contributed by atoms with E-state index in [1.54, 1.807) is 31.2 Å². The lowest BCUT2D eigenvalue weighted by Crippen LogP contribution is -2.54.